The number of fused-ring (bicyclic) bond motifs is 1. The van der Waals surface area contributed by atoms with E-state index in [0.29, 0.717) is 71.2 Å². The van der Waals surface area contributed by atoms with Crippen molar-refractivity contribution in [3.8, 4) is 10.4 Å². The summed E-state index contributed by atoms with van der Waals surface area (Å²) >= 11 is 1.19. The molecule has 0 radical (unpaired) electrons. The first-order valence-corrected chi connectivity index (χ1v) is 19.7. The number of amides is 5. The number of anilines is 1. The lowest BCUT2D eigenvalue weighted by atomic mass is 10.0. The zero-order valence-electron chi connectivity index (χ0n) is 31.0. The highest BCUT2D eigenvalue weighted by Crippen LogP contribution is 2.35. The van der Waals surface area contributed by atoms with E-state index in [2.05, 4.69) is 26.1 Å². The summed E-state index contributed by atoms with van der Waals surface area (Å²) in [5.41, 5.74) is 7.29. The number of carbonyl (C=O) groups excluding carboxylic acids is 4. The van der Waals surface area contributed by atoms with Crippen LogP contribution in [-0.2, 0) is 11.2 Å². The lowest BCUT2D eigenvalue weighted by molar-refractivity contribution is -0.134. The van der Waals surface area contributed by atoms with Gasteiger partial charge in [0.05, 0.1) is 22.3 Å². The molecule has 16 heteroatoms. The zero-order chi connectivity index (χ0) is 40.1. The second kappa shape index (κ2) is 17.4. The molecule has 1 atom stereocenters. The number of urea groups is 1. The van der Waals surface area contributed by atoms with Crippen molar-refractivity contribution in [3.05, 3.63) is 116 Å². The lowest BCUT2D eigenvalue weighted by Crippen LogP contribution is -2.51. The molecular weight excluding hydrogens is 755 g/mol. The average molecular weight is 797 g/mol. The van der Waals surface area contributed by atoms with Crippen LogP contribution in [-0.4, -0.2) is 89.1 Å². The number of rotatable bonds is 8. The van der Waals surface area contributed by atoms with E-state index in [-0.39, 0.29) is 46.6 Å². The molecule has 6 N–H and O–H groups in total. The SMILES string of the molecule is NC(=O)Nc1cc(-c2cccc(F)c2)sc1C(=O)N[C@H]1CCCNC1.O=C(c1cc(Cc2n[nH]c(=O)c3ccccc23)ccc1F)N1CCN(C(=O)C2CC2)CC1. The molecule has 57 heavy (non-hydrogen) atoms. The highest BCUT2D eigenvalue weighted by molar-refractivity contribution is 7.18. The first-order valence-electron chi connectivity index (χ1n) is 18.8. The number of hydrogen-bond donors (Lipinski definition) is 5. The summed E-state index contributed by atoms with van der Waals surface area (Å²) in [5.74, 6) is -1.26. The summed E-state index contributed by atoms with van der Waals surface area (Å²) in [6.45, 7) is 3.42. The number of thiophene rings is 1. The first kappa shape index (κ1) is 39.2. The van der Waals surface area contributed by atoms with E-state index >= 15 is 0 Å². The van der Waals surface area contributed by atoms with E-state index in [1.165, 1.54) is 29.5 Å². The van der Waals surface area contributed by atoms with Gasteiger partial charge in [0.1, 0.15) is 16.5 Å². The zero-order valence-corrected chi connectivity index (χ0v) is 31.8. The molecule has 13 nitrogen and oxygen atoms in total. The second-order valence-corrected chi connectivity index (χ2v) is 15.3. The normalized spacial score (nSPS) is 16.7. The van der Waals surface area contributed by atoms with Crippen LogP contribution in [0.25, 0.3) is 21.2 Å². The quantitative estimate of drug-likeness (QED) is 0.148. The maximum absolute atomic E-state index is 14.6. The molecule has 1 saturated carbocycles. The fraction of sp³-hybridized carbons (Fsp3) is 0.317. The van der Waals surface area contributed by atoms with E-state index in [4.69, 9.17) is 5.73 Å². The number of halogens is 2. The van der Waals surface area contributed by atoms with Crippen molar-refractivity contribution in [1.29, 1.82) is 0 Å². The van der Waals surface area contributed by atoms with Crippen LogP contribution in [0.15, 0.2) is 77.6 Å². The van der Waals surface area contributed by atoms with E-state index in [9.17, 15) is 32.8 Å². The molecule has 3 aromatic carbocycles. The molecule has 296 valence electrons. The molecule has 2 aliphatic heterocycles. The highest BCUT2D eigenvalue weighted by atomic mass is 32.1. The molecule has 0 unspecified atom stereocenters. The number of nitrogens with zero attached hydrogens (tertiary/aromatic N) is 3. The molecule has 8 rings (SSSR count). The van der Waals surface area contributed by atoms with Crippen LogP contribution in [0.1, 0.15) is 57.0 Å². The van der Waals surface area contributed by atoms with Crippen LogP contribution in [0.3, 0.4) is 0 Å². The number of H-pyrrole nitrogens is 1. The summed E-state index contributed by atoms with van der Waals surface area (Å²) in [6, 6.07) is 18.7. The Morgan fingerprint density at radius 2 is 1.65 bits per heavy atom. The Morgan fingerprint density at radius 3 is 2.35 bits per heavy atom. The van der Waals surface area contributed by atoms with Gasteiger partial charge in [0.25, 0.3) is 17.4 Å². The summed E-state index contributed by atoms with van der Waals surface area (Å²) in [6.07, 6.45) is 4.15. The maximum Gasteiger partial charge on any atom is 0.316 e. The Balaban J connectivity index is 0.000000180. The van der Waals surface area contributed by atoms with E-state index < -0.39 is 11.8 Å². The van der Waals surface area contributed by atoms with Gasteiger partial charge in [-0.1, -0.05) is 36.4 Å². The number of hydrogen-bond acceptors (Lipinski definition) is 8. The fourth-order valence-corrected chi connectivity index (χ4v) is 8.04. The van der Waals surface area contributed by atoms with Crippen molar-refractivity contribution < 1.29 is 28.0 Å². The topological polar surface area (TPSA) is 183 Å². The number of nitrogens with two attached hydrogens (primary N) is 1. The Morgan fingerprint density at radius 1 is 0.895 bits per heavy atom. The summed E-state index contributed by atoms with van der Waals surface area (Å²) in [5, 5.41) is 16.6. The van der Waals surface area contributed by atoms with Crippen LogP contribution in [0.5, 0.6) is 0 Å². The lowest BCUT2D eigenvalue weighted by Gasteiger charge is -2.35. The predicted octanol–water partition coefficient (Wildman–Crippen LogP) is 4.87. The minimum atomic E-state index is -0.753. The third kappa shape index (κ3) is 9.52. The monoisotopic (exact) mass is 796 g/mol. The van der Waals surface area contributed by atoms with Gasteiger partial charge in [0.2, 0.25) is 5.91 Å². The predicted molar refractivity (Wildman–Crippen MR) is 213 cm³/mol. The van der Waals surface area contributed by atoms with E-state index in [1.54, 1.807) is 52.3 Å². The molecule has 5 aromatic rings. The Hall–Kier alpha value is -6.00. The van der Waals surface area contributed by atoms with E-state index in [0.717, 1.165) is 43.2 Å². The van der Waals surface area contributed by atoms with Crippen LogP contribution in [0.2, 0.25) is 0 Å². The van der Waals surface area contributed by atoms with Gasteiger partial charge in [-0.2, -0.15) is 5.10 Å². The van der Waals surface area contributed by atoms with Crippen molar-refractivity contribution in [2.75, 3.05) is 44.6 Å². The molecule has 3 aliphatic rings. The van der Waals surface area contributed by atoms with Gasteiger partial charge in [-0.05, 0) is 79.8 Å². The maximum atomic E-state index is 14.6. The largest absolute Gasteiger partial charge is 0.351 e. The molecule has 0 spiro atoms. The van der Waals surface area contributed by atoms with Crippen LogP contribution in [0.4, 0.5) is 19.3 Å². The number of primary amides is 1. The molecular formula is C41H42F2N8O5S. The summed E-state index contributed by atoms with van der Waals surface area (Å²) in [4.78, 5) is 65.6. The standard InChI is InChI=1S/C24H23FN4O3.C17H19FN4O2S/c25-20-8-5-15(14-21-17-3-1-2-4-18(17)22(30)27-26-21)13-19(20)24(32)29-11-9-28(10-12-29)23(31)16-6-7-16;18-11-4-1-3-10(7-11)14-8-13(22-17(19)24)15(25-14)16(23)21-12-5-2-6-20-9-12/h1-5,8,13,16H,6-7,9-12,14H2,(H,27,30);1,3-4,7-8,12,20H,2,5-6,9H2,(H,21,23)(H3,19,22,24)/t;12-/m.0/s1. The Bertz CT molecular complexity index is 2370. The Kier molecular flexibility index (Phi) is 12.0. The minimum Gasteiger partial charge on any atom is -0.351 e. The number of aromatic nitrogens is 2. The second-order valence-electron chi connectivity index (χ2n) is 14.3. The van der Waals surface area contributed by atoms with Gasteiger partial charge >= 0.3 is 6.03 Å². The first-order chi connectivity index (χ1) is 27.5. The van der Waals surface area contributed by atoms with Crippen molar-refractivity contribution in [1.82, 2.24) is 30.6 Å². The molecule has 3 fully saturated rings. The summed E-state index contributed by atoms with van der Waals surface area (Å²) in [7, 11) is 0. The number of aromatic amines is 1. The molecule has 2 saturated heterocycles. The highest BCUT2D eigenvalue weighted by Gasteiger charge is 2.35. The van der Waals surface area contributed by atoms with Gasteiger partial charge in [0.15, 0.2) is 0 Å². The summed E-state index contributed by atoms with van der Waals surface area (Å²) < 4.78 is 28.0. The van der Waals surface area contributed by atoms with Crippen LogP contribution in [0, 0.1) is 17.6 Å². The van der Waals surface area contributed by atoms with Crippen molar-refractivity contribution >= 4 is 51.5 Å². The smallest absolute Gasteiger partial charge is 0.316 e. The molecule has 1 aliphatic carbocycles. The molecule has 5 amide bonds. The van der Waals surface area contributed by atoms with E-state index in [1.807, 2.05) is 12.1 Å². The van der Waals surface area contributed by atoms with Crippen molar-refractivity contribution in [2.45, 2.75) is 38.1 Å². The van der Waals surface area contributed by atoms with Gasteiger partial charge in [-0.15, -0.1) is 11.3 Å². The average Bonchev–Trinajstić information content (AvgIpc) is 3.99. The number of piperidine rings is 1. The van der Waals surface area contributed by atoms with Crippen molar-refractivity contribution in [3.63, 3.8) is 0 Å². The van der Waals surface area contributed by atoms with Gasteiger partial charge in [0, 0.05) is 61.4 Å². The third-order valence-corrected chi connectivity index (χ3v) is 11.3. The molecule has 2 aromatic heterocycles. The minimum absolute atomic E-state index is 0.0122. The van der Waals surface area contributed by atoms with Crippen LogP contribution >= 0.6 is 11.3 Å². The van der Waals surface area contributed by atoms with Gasteiger partial charge in [-0.25, -0.2) is 18.7 Å². The third-order valence-electron chi connectivity index (χ3n) is 10.2. The fourth-order valence-electron chi connectivity index (χ4n) is 7.03. The van der Waals surface area contributed by atoms with Gasteiger partial charge in [-0.3, -0.25) is 19.2 Å². The van der Waals surface area contributed by atoms with Gasteiger partial charge < -0.3 is 31.5 Å². The number of nitrogens with one attached hydrogen (secondary N) is 4. The van der Waals surface area contributed by atoms with Crippen molar-refractivity contribution in [2.24, 2.45) is 11.7 Å². The molecule has 0 bridgehead atoms. The number of carbonyl (C=O) groups is 4. The Labute approximate surface area is 330 Å². The number of benzene rings is 3. The van der Waals surface area contributed by atoms with Crippen LogP contribution < -0.4 is 27.2 Å². The molecule has 4 heterocycles. The number of piperazine rings is 1.